The maximum atomic E-state index is 5.70. The number of halogens is 2. The molecule has 0 radical (unpaired) electrons. The first-order valence-corrected chi connectivity index (χ1v) is 10.8. The Hall–Kier alpha value is -2.92. The van der Waals surface area contributed by atoms with Crippen LogP contribution >= 0.6 is 31.9 Å². The van der Waals surface area contributed by atoms with Crippen molar-refractivity contribution in [2.75, 3.05) is 11.5 Å². The lowest BCUT2D eigenvalue weighted by Gasteiger charge is -2.01. The largest absolute Gasteiger partial charge is 0.399 e. The Balaban J connectivity index is 0.000000735. The van der Waals surface area contributed by atoms with Crippen molar-refractivity contribution in [3.8, 4) is 23.7 Å². The monoisotopic (exact) mass is 520 g/mol. The van der Waals surface area contributed by atoms with Crippen LogP contribution in [0.3, 0.4) is 0 Å². The van der Waals surface area contributed by atoms with Gasteiger partial charge in [0.25, 0.3) is 0 Å². The maximum absolute atomic E-state index is 5.70. The van der Waals surface area contributed by atoms with Gasteiger partial charge in [-0.15, -0.1) is 0 Å². The minimum Gasteiger partial charge on any atom is -0.399 e. The molecule has 0 amide bonds. The number of rotatable bonds is 0. The Labute approximate surface area is 195 Å². The van der Waals surface area contributed by atoms with Crippen molar-refractivity contribution in [1.29, 1.82) is 0 Å². The Morgan fingerprint density at radius 1 is 0.600 bits per heavy atom. The van der Waals surface area contributed by atoms with E-state index in [1.807, 2.05) is 86.7 Å². The molecule has 4 heteroatoms. The fourth-order valence-corrected chi connectivity index (χ4v) is 3.34. The summed E-state index contributed by atoms with van der Waals surface area (Å²) in [4.78, 5) is 0. The highest BCUT2D eigenvalue weighted by molar-refractivity contribution is 9.11. The van der Waals surface area contributed by atoms with Crippen molar-refractivity contribution in [2.24, 2.45) is 0 Å². The number of benzene rings is 3. The summed E-state index contributed by atoms with van der Waals surface area (Å²) in [6.45, 7) is 4.00. The predicted molar refractivity (Wildman–Crippen MR) is 136 cm³/mol. The van der Waals surface area contributed by atoms with Crippen LogP contribution in [0.5, 0.6) is 0 Å². The SMILES string of the molecule is C/C=C\C.Nc1ccc(C#Cc2cc(C#Cc3ccc(N)cc3)c(Br)cc2Br)cc1. The molecular weight excluding hydrogens is 500 g/mol. The second-order valence-corrected chi connectivity index (χ2v) is 7.93. The van der Waals surface area contributed by atoms with Crippen LogP contribution in [0.1, 0.15) is 36.1 Å². The Morgan fingerprint density at radius 3 is 1.30 bits per heavy atom. The van der Waals surface area contributed by atoms with Gasteiger partial charge in [0.2, 0.25) is 0 Å². The highest BCUT2D eigenvalue weighted by atomic mass is 79.9. The van der Waals surface area contributed by atoms with Gasteiger partial charge in [-0.1, -0.05) is 35.8 Å². The summed E-state index contributed by atoms with van der Waals surface area (Å²) >= 11 is 7.11. The average molecular weight is 522 g/mol. The van der Waals surface area contributed by atoms with E-state index in [-0.39, 0.29) is 0 Å². The van der Waals surface area contributed by atoms with Gasteiger partial charge in [0.15, 0.2) is 0 Å². The summed E-state index contributed by atoms with van der Waals surface area (Å²) in [6.07, 6.45) is 4.00. The maximum Gasteiger partial charge on any atom is 0.0404 e. The van der Waals surface area contributed by atoms with E-state index in [4.69, 9.17) is 11.5 Å². The Morgan fingerprint density at radius 2 is 0.967 bits per heavy atom. The predicted octanol–water partition coefficient (Wildman–Crippen LogP) is 6.76. The summed E-state index contributed by atoms with van der Waals surface area (Å²) in [5, 5.41) is 0. The molecule has 0 saturated carbocycles. The lowest BCUT2D eigenvalue weighted by molar-refractivity contribution is 1.51. The van der Waals surface area contributed by atoms with Gasteiger partial charge >= 0.3 is 0 Å². The van der Waals surface area contributed by atoms with Crippen LogP contribution in [-0.4, -0.2) is 0 Å². The number of nitrogens with two attached hydrogens (primary N) is 2. The van der Waals surface area contributed by atoms with E-state index in [1.54, 1.807) is 0 Å². The van der Waals surface area contributed by atoms with Crippen LogP contribution in [0, 0.1) is 23.7 Å². The topological polar surface area (TPSA) is 52.0 Å². The van der Waals surface area contributed by atoms with Gasteiger partial charge in [-0.2, -0.15) is 0 Å². The van der Waals surface area contributed by atoms with E-state index in [0.717, 1.165) is 42.6 Å². The molecule has 30 heavy (non-hydrogen) atoms. The zero-order valence-electron chi connectivity index (χ0n) is 16.8. The van der Waals surface area contributed by atoms with Crippen molar-refractivity contribution in [3.63, 3.8) is 0 Å². The smallest absolute Gasteiger partial charge is 0.0404 e. The second-order valence-electron chi connectivity index (χ2n) is 6.22. The van der Waals surface area contributed by atoms with Crippen molar-refractivity contribution in [3.05, 3.63) is 104 Å². The lowest BCUT2D eigenvalue weighted by atomic mass is 10.1. The third kappa shape index (κ3) is 7.48. The van der Waals surface area contributed by atoms with Crippen LogP contribution in [0.15, 0.2) is 81.8 Å². The first-order valence-electron chi connectivity index (χ1n) is 9.24. The van der Waals surface area contributed by atoms with Crippen LogP contribution in [-0.2, 0) is 0 Å². The van der Waals surface area contributed by atoms with Crippen molar-refractivity contribution >= 4 is 43.2 Å². The van der Waals surface area contributed by atoms with Gasteiger partial charge < -0.3 is 11.5 Å². The fraction of sp³-hybridized carbons (Fsp3) is 0.0769. The Bertz CT molecular complexity index is 1050. The van der Waals surface area contributed by atoms with Crippen molar-refractivity contribution < 1.29 is 0 Å². The van der Waals surface area contributed by atoms with Gasteiger partial charge in [-0.25, -0.2) is 0 Å². The highest BCUT2D eigenvalue weighted by Crippen LogP contribution is 2.25. The zero-order chi connectivity index (χ0) is 21.9. The molecule has 4 N–H and O–H groups in total. The van der Waals surface area contributed by atoms with Gasteiger partial charge in [-0.05, 0) is 106 Å². The van der Waals surface area contributed by atoms with E-state index >= 15 is 0 Å². The molecule has 0 aliphatic carbocycles. The lowest BCUT2D eigenvalue weighted by Crippen LogP contribution is -1.86. The third-order valence-corrected chi connectivity index (χ3v) is 5.21. The van der Waals surface area contributed by atoms with Gasteiger partial charge in [0.05, 0.1) is 0 Å². The van der Waals surface area contributed by atoms with Gasteiger partial charge in [-0.3, -0.25) is 0 Å². The summed E-state index contributed by atoms with van der Waals surface area (Å²) in [5.41, 5.74) is 16.4. The third-order valence-electron chi connectivity index (χ3n) is 3.89. The van der Waals surface area contributed by atoms with Crippen LogP contribution in [0.2, 0.25) is 0 Å². The molecule has 3 rings (SSSR count). The molecule has 0 heterocycles. The molecule has 0 fully saturated rings. The van der Waals surface area contributed by atoms with Crippen LogP contribution in [0.4, 0.5) is 11.4 Å². The molecule has 2 nitrogen and oxygen atoms in total. The first-order chi connectivity index (χ1) is 14.4. The molecule has 0 aliphatic rings. The molecule has 150 valence electrons. The molecule has 0 aromatic heterocycles. The molecule has 0 saturated heterocycles. The summed E-state index contributed by atoms with van der Waals surface area (Å²) in [6, 6.07) is 18.9. The number of anilines is 2. The molecule has 0 spiro atoms. The quantitative estimate of drug-likeness (QED) is 0.195. The van der Waals surface area contributed by atoms with E-state index in [2.05, 4.69) is 55.5 Å². The normalized spacial score (nSPS) is 9.60. The van der Waals surface area contributed by atoms with E-state index in [0.29, 0.717) is 0 Å². The minimum absolute atomic E-state index is 0.723. The standard InChI is InChI=1S/C22H14Br2N2.C4H8/c23-21-14-22(24)18(8-2-16-5-11-20(26)12-6-16)13-17(21)7-1-15-3-9-19(25)10-4-15;1-3-4-2/h3-6,9-14H,25-26H2;3-4H,1-2H3/b;4-3-. The molecule has 0 unspecified atom stereocenters. The van der Waals surface area contributed by atoms with E-state index in [1.165, 1.54) is 0 Å². The molecule has 0 atom stereocenters. The molecule has 3 aromatic carbocycles. The van der Waals surface area contributed by atoms with Crippen molar-refractivity contribution in [1.82, 2.24) is 0 Å². The minimum atomic E-state index is 0.723. The highest BCUT2D eigenvalue weighted by Gasteiger charge is 2.03. The number of nitrogen functional groups attached to an aromatic ring is 2. The molecule has 0 aliphatic heterocycles. The van der Waals surface area contributed by atoms with Crippen LogP contribution < -0.4 is 11.5 Å². The first kappa shape index (κ1) is 23.4. The fourth-order valence-electron chi connectivity index (χ4n) is 2.15. The number of hydrogen-bond acceptors (Lipinski definition) is 2. The molecular formula is C26H22Br2N2. The van der Waals surface area contributed by atoms with E-state index < -0.39 is 0 Å². The molecule has 0 bridgehead atoms. The summed E-state index contributed by atoms with van der Waals surface area (Å²) < 4.78 is 1.82. The average Bonchev–Trinajstić information content (AvgIpc) is 2.75. The Kier molecular flexibility index (Phi) is 9.29. The van der Waals surface area contributed by atoms with Crippen LogP contribution in [0.25, 0.3) is 0 Å². The summed E-state index contributed by atoms with van der Waals surface area (Å²) in [5.74, 6) is 12.6. The second kappa shape index (κ2) is 11.9. The number of hydrogen-bond donors (Lipinski definition) is 2. The van der Waals surface area contributed by atoms with Crippen molar-refractivity contribution in [2.45, 2.75) is 13.8 Å². The summed E-state index contributed by atoms with van der Waals surface area (Å²) in [7, 11) is 0. The zero-order valence-corrected chi connectivity index (χ0v) is 20.0. The number of allylic oxidation sites excluding steroid dienone is 2. The van der Waals surface area contributed by atoms with Gasteiger partial charge in [0.1, 0.15) is 0 Å². The molecule has 3 aromatic rings. The van der Waals surface area contributed by atoms with E-state index in [9.17, 15) is 0 Å². The van der Waals surface area contributed by atoms with Gasteiger partial charge in [0, 0.05) is 42.6 Å².